The van der Waals surface area contributed by atoms with Gasteiger partial charge in [0.15, 0.2) is 0 Å². The highest BCUT2D eigenvalue weighted by Crippen LogP contribution is 2.53. The molecule has 6 nitrogen and oxygen atoms in total. The van der Waals surface area contributed by atoms with E-state index < -0.39 is 11.2 Å². The van der Waals surface area contributed by atoms with Crippen LogP contribution in [-0.4, -0.2) is 26.2 Å². The minimum Gasteiger partial charge on any atom is -0.343 e. The molecule has 0 saturated carbocycles. The maximum Gasteiger partial charge on any atom is 0.308 e. The number of hydrogen-bond acceptors (Lipinski definition) is 5. The van der Waals surface area contributed by atoms with Crippen molar-refractivity contribution < 1.29 is 9.59 Å². The largest absolute Gasteiger partial charge is 0.343 e. The number of benzene rings is 3. The van der Waals surface area contributed by atoms with Gasteiger partial charge in [0.2, 0.25) is 11.8 Å². The molecule has 1 N–H and O–H groups in total. The van der Waals surface area contributed by atoms with E-state index in [-0.39, 0.29) is 22.6 Å². The molecule has 38 heavy (non-hydrogen) atoms. The molecule has 8 heteroatoms. The van der Waals surface area contributed by atoms with E-state index in [9.17, 15) is 14.4 Å². The van der Waals surface area contributed by atoms with Crippen molar-refractivity contribution in [3.8, 4) is 0 Å². The molecule has 188 valence electrons. The number of thioether (sulfide) groups is 1. The lowest BCUT2D eigenvalue weighted by atomic mass is 9.83. The lowest BCUT2D eigenvalue weighted by molar-refractivity contribution is -0.125. The van der Waals surface area contributed by atoms with Gasteiger partial charge in [0.1, 0.15) is 5.25 Å². The highest BCUT2D eigenvalue weighted by Gasteiger charge is 2.53. The van der Waals surface area contributed by atoms with Crippen molar-refractivity contribution in [2.24, 2.45) is 5.92 Å². The van der Waals surface area contributed by atoms with Crippen LogP contribution in [0.25, 0.3) is 10.9 Å². The van der Waals surface area contributed by atoms with E-state index in [4.69, 9.17) is 0 Å². The molecular weight excluding hydrogens is 514 g/mol. The van der Waals surface area contributed by atoms with E-state index in [1.165, 1.54) is 28.7 Å². The molecule has 5 aromatic rings. The molecule has 0 bridgehead atoms. The number of para-hydroxylation sites is 1. The molecule has 2 aliphatic rings. The molecule has 0 spiro atoms. The van der Waals surface area contributed by atoms with Gasteiger partial charge in [0, 0.05) is 34.4 Å². The van der Waals surface area contributed by atoms with Crippen LogP contribution in [0.4, 0.5) is 0 Å². The standard InChI is InChI=1S/C30H23N3O3S2/c34-27-24-23(21-17-32(15-18-9-3-1-4-10-18)22-14-8-7-13-20(21)22)26-29(37-25(24)28(35)31-27)33(30(36)38-26)16-19-11-5-2-6-12-19/h1-14,17,23-25H,15-16H2,(H,31,34,35)/t23-,24-,25+/m1/s1. The van der Waals surface area contributed by atoms with Gasteiger partial charge in [-0.2, -0.15) is 0 Å². The molecule has 0 aliphatic carbocycles. The molecule has 1 fully saturated rings. The third-order valence-electron chi connectivity index (χ3n) is 7.42. The van der Waals surface area contributed by atoms with Crippen molar-refractivity contribution in [2.75, 3.05) is 0 Å². The van der Waals surface area contributed by atoms with Crippen molar-refractivity contribution in [2.45, 2.75) is 29.3 Å². The molecule has 3 aromatic carbocycles. The topological polar surface area (TPSA) is 73.1 Å². The van der Waals surface area contributed by atoms with Gasteiger partial charge in [-0.1, -0.05) is 102 Å². The number of carbonyl (C=O) groups is 2. The number of carbonyl (C=O) groups excluding carboxylic acids is 2. The smallest absolute Gasteiger partial charge is 0.308 e. The fourth-order valence-corrected chi connectivity index (χ4v) is 8.44. The first-order valence-electron chi connectivity index (χ1n) is 12.5. The number of hydrogen-bond donors (Lipinski definition) is 1. The monoisotopic (exact) mass is 537 g/mol. The van der Waals surface area contributed by atoms with Crippen LogP contribution in [0.5, 0.6) is 0 Å². The van der Waals surface area contributed by atoms with Crippen LogP contribution >= 0.6 is 23.1 Å². The summed E-state index contributed by atoms with van der Waals surface area (Å²) in [5.74, 6) is -1.50. The molecule has 1 saturated heterocycles. The lowest BCUT2D eigenvalue weighted by Gasteiger charge is -2.30. The molecule has 7 rings (SSSR count). The Kier molecular flexibility index (Phi) is 5.60. The maximum absolute atomic E-state index is 13.4. The van der Waals surface area contributed by atoms with Crippen molar-refractivity contribution in [1.82, 2.24) is 14.5 Å². The second-order valence-electron chi connectivity index (χ2n) is 9.72. The van der Waals surface area contributed by atoms with Crippen LogP contribution in [0.15, 0.2) is 101 Å². The quantitative estimate of drug-likeness (QED) is 0.326. The number of nitrogens with one attached hydrogen (secondary N) is 1. The summed E-state index contributed by atoms with van der Waals surface area (Å²) in [6, 6.07) is 28.3. The van der Waals surface area contributed by atoms with Gasteiger partial charge in [-0.05, 0) is 22.8 Å². The summed E-state index contributed by atoms with van der Waals surface area (Å²) in [5, 5.41) is 3.82. The summed E-state index contributed by atoms with van der Waals surface area (Å²) in [6.45, 7) is 1.11. The predicted octanol–water partition coefficient (Wildman–Crippen LogP) is 4.84. The molecular formula is C30H23N3O3S2. The number of amides is 2. The van der Waals surface area contributed by atoms with Gasteiger partial charge in [0.25, 0.3) is 0 Å². The Morgan fingerprint density at radius 2 is 1.42 bits per heavy atom. The van der Waals surface area contributed by atoms with Gasteiger partial charge in [-0.3, -0.25) is 24.3 Å². The Labute approximate surface area is 226 Å². The van der Waals surface area contributed by atoms with Crippen molar-refractivity contribution >= 4 is 45.8 Å². The van der Waals surface area contributed by atoms with E-state index in [0.717, 1.165) is 31.9 Å². The van der Waals surface area contributed by atoms with Crippen molar-refractivity contribution in [3.63, 3.8) is 0 Å². The summed E-state index contributed by atoms with van der Waals surface area (Å²) >= 11 is 2.55. The maximum atomic E-state index is 13.4. The average Bonchev–Trinajstić information content (AvgIpc) is 3.55. The first kappa shape index (κ1) is 23.3. The third-order valence-corrected chi connectivity index (χ3v) is 10.0. The first-order chi connectivity index (χ1) is 18.6. The SMILES string of the molecule is O=C1NC(=O)[C@H]2Sc3c(sc(=O)n3Cc3ccccc3)[C@H](c3cn(Cc4ccccc4)c4ccccc34)[C@@H]12. The Balaban J connectivity index is 1.41. The highest BCUT2D eigenvalue weighted by molar-refractivity contribution is 8.00. The van der Waals surface area contributed by atoms with Crippen LogP contribution in [0, 0.1) is 5.92 Å². The zero-order chi connectivity index (χ0) is 25.8. The minimum atomic E-state index is -0.577. The van der Waals surface area contributed by atoms with Crippen LogP contribution in [0.1, 0.15) is 27.5 Å². The van der Waals surface area contributed by atoms with Crippen LogP contribution in [-0.2, 0) is 22.7 Å². The van der Waals surface area contributed by atoms with Gasteiger partial charge in [-0.25, -0.2) is 0 Å². The summed E-state index contributed by atoms with van der Waals surface area (Å²) in [6.07, 6.45) is 2.11. The zero-order valence-electron chi connectivity index (χ0n) is 20.2. The number of aromatic nitrogens is 2. The van der Waals surface area contributed by atoms with Gasteiger partial charge in [-0.15, -0.1) is 0 Å². The predicted molar refractivity (Wildman–Crippen MR) is 150 cm³/mol. The molecule has 2 aliphatic heterocycles. The number of rotatable bonds is 5. The second kappa shape index (κ2) is 9.15. The Bertz CT molecular complexity index is 1750. The van der Waals surface area contributed by atoms with E-state index >= 15 is 0 Å². The van der Waals surface area contributed by atoms with Gasteiger partial charge < -0.3 is 4.57 Å². The fraction of sp³-hybridized carbons (Fsp3) is 0.167. The zero-order valence-corrected chi connectivity index (χ0v) is 21.9. The van der Waals surface area contributed by atoms with E-state index in [2.05, 4.69) is 40.3 Å². The molecule has 2 amide bonds. The normalized spacial score (nSPS) is 20.4. The molecule has 2 aromatic heterocycles. The Morgan fingerprint density at radius 1 is 0.763 bits per heavy atom. The summed E-state index contributed by atoms with van der Waals surface area (Å²) in [4.78, 5) is 40.3. The van der Waals surface area contributed by atoms with Gasteiger partial charge >= 0.3 is 4.87 Å². The Morgan fingerprint density at radius 3 is 2.16 bits per heavy atom. The van der Waals surface area contributed by atoms with Gasteiger partial charge in [0.05, 0.1) is 17.5 Å². The van der Waals surface area contributed by atoms with E-state index in [0.29, 0.717) is 13.1 Å². The van der Waals surface area contributed by atoms with Crippen LogP contribution < -0.4 is 10.2 Å². The van der Waals surface area contributed by atoms with Crippen molar-refractivity contribution in [3.05, 3.63) is 122 Å². The number of imide groups is 1. The summed E-state index contributed by atoms with van der Waals surface area (Å²) in [7, 11) is 0. The molecule has 3 atom stereocenters. The van der Waals surface area contributed by atoms with Crippen LogP contribution in [0.2, 0.25) is 0 Å². The molecule has 0 unspecified atom stereocenters. The molecule has 0 radical (unpaired) electrons. The Hall–Kier alpha value is -3.88. The number of thiazole rings is 1. The van der Waals surface area contributed by atoms with Crippen molar-refractivity contribution in [1.29, 1.82) is 0 Å². The van der Waals surface area contributed by atoms with E-state index in [1.807, 2.05) is 60.7 Å². The average molecular weight is 538 g/mol. The summed E-state index contributed by atoms with van der Waals surface area (Å²) in [5.41, 5.74) is 4.22. The minimum absolute atomic E-state index is 0.0720. The second-order valence-corrected chi connectivity index (χ2v) is 11.8. The first-order valence-corrected chi connectivity index (χ1v) is 14.2. The lowest BCUT2D eigenvalue weighted by Crippen LogP contribution is -2.32. The van der Waals surface area contributed by atoms with E-state index in [1.54, 1.807) is 4.57 Å². The van der Waals surface area contributed by atoms with Crippen LogP contribution in [0.3, 0.4) is 0 Å². The third kappa shape index (κ3) is 3.75. The fourth-order valence-electron chi connectivity index (χ4n) is 5.71. The summed E-state index contributed by atoms with van der Waals surface area (Å²) < 4.78 is 3.97. The number of fused-ring (bicyclic) bond motifs is 3. The number of nitrogens with zero attached hydrogens (tertiary/aromatic N) is 2. The highest BCUT2D eigenvalue weighted by atomic mass is 32.2. The molecule has 4 heterocycles.